The molecule has 0 amide bonds. The van der Waals surface area contributed by atoms with Gasteiger partial charge in [-0.2, -0.15) is 55.6 Å². The van der Waals surface area contributed by atoms with Gasteiger partial charge in [0.2, 0.25) is 0 Å². The van der Waals surface area contributed by atoms with Crippen molar-refractivity contribution in [2.45, 2.75) is 69.2 Å². The Balaban J connectivity index is -0.000000308. The molecule has 2 aromatic rings. The van der Waals surface area contributed by atoms with Crippen molar-refractivity contribution >= 4 is 0 Å². The molecule has 0 nitrogen and oxygen atoms in total. The van der Waals surface area contributed by atoms with Crippen molar-refractivity contribution in [3.8, 4) is 0 Å². The third-order valence-electron chi connectivity index (χ3n) is 5.62. The van der Waals surface area contributed by atoms with E-state index < -0.39 is 0 Å². The fraction of sp³-hybridized carbons (Fsp3) is 0.500. The van der Waals surface area contributed by atoms with E-state index in [1.165, 1.54) is 55.6 Å². The normalized spacial score (nSPS) is 9.13. The Labute approximate surface area is 175 Å². The molecule has 0 saturated carbocycles. The molecule has 0 spiro atoms. The average molecular weight is 433 g/mol. The van der Waals surface area contributed by atoms with Crippen LogP contribution < -0.4 is 24.8 Å². The number of rotatable bonds is 0. The van der Waals surface area contributed by atoms with Gasteiger partial charge >= 0.3 is 26.2 Å². The zero-order valence-corrected chi connectivity index (χ0v) is 20.2. The summed E-state index contributed by atoms with van der Waals surface area (Å²) < 4.78 is 0. The van der Waals surface area contributed by atoms with Gasteiger partial charge in [-0.1, -0.05) is 69.2 Å². The summed E-state index contributed by atoms with van der Waals surface area (Å²) in [5.74, 6) is 0. The molecule has 0 aromatic heterocycles. The van der Waals surface area contributed by atoms with Gasteiger partial charge < -0.3 is 24.8 Å². The Hall–Kier alpha value is 0.163. The van der Waals surface area contributed by atoms with Gasteiger partial charge in [0.25, 0.3) is 0 Å². The molecule has 0 fully saturated rings. The molecule has 2 rings (SSSR count). The summed E-state index contributed by atoms with van der Waals surface area (Å²) in [6.45, 7) is 22.0. The van der Waals surface area contributed by atoms with Crippen LogP contribution in [-0.2, 0) is 26.2 Å². The smallest absolute Gasteiger partial charge is 1.00 e. The van der Waals surface area contributed by atoms with Crippen molar-refractivity contribution in [3.05, 3.63) is 55.6 Å². The molecule has 0 atom stereocenters. The van der Waals surface area contributed by atoms with E-state index in [9.17, 15) is 0 Å². The first-order valence-corrected chi connectivity index (χ1v) is 7.50. The summed E-state index contributed by atoms with van der Waals surface area (Å²) in [5, 5.41) is 0. The molecule has 0 radical (unpaired) electrons. The van der Waals surface area contributed by atoms with Crippen molar-refractivity contribution in [2.75, 3.05) is 0 Å². The molecule has 0 heterocycles. The Bertz CT molecular complexity index is 414. The van der Waals surface area contributed by atoms with Gasteiger partial charge in [-0.05, 0) is 0 Å². The first-order chi connectivity index (χ1) is 9.11. The van der Waals surface area contributed by atoms with Crippen molar-refractivity contribution in [1.29, 1.82) is 0 Å². The first-order valence-electron chi connectivity index (χ1n) is 7.50. The summed E-state index contributed by atoms with van der Waals surface area (Å²) in [6.07, 6.45) is 0. The van der Waals surface area contributed by atoms with E-state index in [-0.39, 0.29) is 51.0 Å². The molecule has 0 bridgehead atoms. The molecular weight excluding hydrogens is 402 g/mol. The van der Waals surface area contributed by atoms with Crippen LogP contribution in [0.5, 0.6) is 0 Å². The second kappa shape index (κ2) is 10.9. The molecule has 0 saturated heterocycles. The Morgan fingerprint density at radius 1 is 0.435 bits per heavy atom. The average Bonchev–Trinajstić information content (AvgIpc) is 2.71. The summed E-state index contributed by atoms with van der Waals surface area (Å²) >= 11 is 0. The van der Waals surface area contributed by atoms with Gasteiger partial charge in [-0.3, -0.25) is 0 Å². The molecule has 3 heteroatoms. The second-order valence-electron chi connectivity index (χ2n) is 6.25. The summed E-state index contributed by atoms with van der Waals surface area (Å²) in [4.78, 5) is 0. The standard InChI is InChI=1S/2C10H15.2ClH.Zr/c2*1-6-7(2)9(4)10(5)8(6)3;;;/h2*1-5H3;2*1H;/q2*-1;;;+2/p-2. The quantitative estimate of drug-likeness (QED) is 0.510. The molecule has 0 aliphatic heterocycles. The third kappa shape index (κ3) is 5.59. The largest absolute Gasteiger partial charge is 2.00 e. The molecule has 130 valence electrons. The van der Waals surface area contributed by atoms with Crippen LogP contribution in [0.25, 0.3) is 0 Å². The topological polar surface area (TPSA) is 0 Å². The minimum atomic E-state index is 0. The fourth-order valence-corrected chi connectivity index (χ4v) is 2.81. The molecule has 23 heavy (non-hydrogen) atoms. The zero-order valence-electron chi connectivity index (χ0n) is 16.3. The van der Waals surface area contributed by atoms with E-state index >= 15 is 0 Å². The van der Waals surface area contributed by atoms with E-state index in [1.54, 1.807) is 0 Å². The second-order valence-corrected chi connectivity index (χ2v) is 6.25. The minimum absolute atomic E-state index is 0. The van der Waals surface area contributed by atoms with Crippen molar-refractivity contribution in [2.24, 2.45) is 0 Å². The maximum Gasteiger partial charge on any atom is 2.00 e. The SMILES string of the molecule is Cc1c(C)c(C)[c-](C)c1C.Cc1c(C)c(C)[c-](C)c1C.[Cl-].[Cl-].[Zr+2]. The van der Waals surface area contributed by atoms with Crippen LogP contribution >= 0.6 is 0 Å². The van der Waals surface area contributed by atoms with Gasteiger partial charge in [0.05, 0.1) is 0 Å². The number of hydrogen-bond acceptors (Lipinski definition) is 0. The number of hydrogen-bond donors (Lipinski definition) is 0. The predicted octanol–water partition coefficient (Wildman–Crippen LogP) is -0.0993. The van der Waals surface area contributed by atoms with E-state index in [2.05, 4.69) is 69.2 Å². The zero-order chi connectivity index (χ0) is 15.8. The molecule has 0 N–H and O–H groups in total. The maximum atomic E-state index is 2.20. The molecule has 0 aliphatic rings. The Morgan fingerprint density at radius 3 is 0.609 bits per heavy atom. The Kier molecular flexibility index (Phi) is 13.3. The first kappa shape index (κ1) is 28.0. The fourth-order valence-electron chi connectivity index (χ4n) is 2.81. The summed E-state index contributed by atoms with van der Waals surface area (Å²) in [6, 6.07) is 0. The minimum Gasteiger partial charge on any atom is -1.00 e. The van der Waals surface area contributed by atoms with Gasteiger partial charge in [0.15, 0.2) is 0 Å². The van der Waals surface area contributed by atoms with Crippen LogP contribution in [0, 0.1) is 69.2 Å². The maximum absolute atomic E-state index is 2.20. The van der Waals surface area contributed by atoms with Crippen LogP contribution in [0.4, 0.5) is 0 Å². The van der Waals surface area contributed by atoms with Gasteiger partial charge in [-0.25, -0.2) is 0 Å². The third-order valence-corrected chi connectivity index (χ3v) is 5.62. The summed E-state index contributed by atoms with van der Waals surface area (Å²) in [5.41, 5.74) is 14.7. The van der Waals surface area contributed by atoms with Crippen LogP contribution in [-0.4, -0.2) is 0 Å². The number of halogens is 2. The van der Waals surface area contributed by atoms with Crippen LogP contribution in [0.1, 0.15) is 55.6 Å². The molecule has 0 aliphatic carbocycles. The van der Waals surface area contributed by atoms with Gasteiger partial charge in [0, 0.05) is 0 Å². The van der Waals surface area contributed by atoms with E-state index in [0.29, 0.717) is 0 Å². The van der Waals surface area contributed by atoms with Crippen molar-refractivity contribution in [3.63, 3.8) is 0 Å². The van der Waals surface area contributed by atoms with Crippen molar-refractivity contribution < 1.29 is 51.0 Å². The summed E-state index contributed by atoms with van der Waals surface area (Å²) in [7, 11) is 0. The monoisotopic (exact) mass is 430 g/mol. The van der Waals surface area contributed by atoms with Crippen LogP contribution in [0.15, 0.2) is 0 Å². The van der Waals surface area contributed by atoms with E-state index in [1.807, 2.05) is 0 Å². The Morgan fingerprint density at radius 2 is 0.565 bits per heavy atom. The van der Waals surface area contributed by atoms with Gasteiger partial charge in [-0.15, -0.1) is 0 Å². The molecular formula is C20H30Cl2Zr-2. The predicted molar refractivity (Wildman–Crippen MR) is 91.4 cm³/mol. The van der Waals surface area contributed by atoms with Crippen LogP contribution in [0.3, 0.4) is 0 Å². The van der Waals surface area contributed by atoms with Crippen LogP contribution in [0.2, 0.25) is 0 Å². The van der Waals surface area contributed by atoms with E-state index in [0.717, 1.165) is 0 Å². The van der Waals surface area contributed by atoms with Crippen molar-refractivity contribution in [1.82, 2.24) is 0 Å². The molecule has 2 aromatic carbocycles. The van der Waals surface area contributed by atoms with Gasteiger partial charge in [0.1, 0.15) is 0 Å². The van der Waals surface area contributed by atoms with E-state index in [4.69, 9.17) is 0 Å². The molecule has 0 unspecified atom stereocenters.